The van der Waals surface area contributed by atoms with Crippen molar-refractivity contribution in [1.82, 2.24) is 39.9 Å². The molecule has 8 aromatic rings. The molecule has 0 unspecified atom stereocenters. The van der Waals surface area contributed by atoms with Crippen molar-refractivity contribution in [1.29, 1.82) is 0 Å². The Morgan fingerprint density at radius 2 is 0.755 bits per heavy atom. The number of aromatic nitrogens is 8. The summed E-state index contributed by atoms with van der Waals surface area (Å²) in [6, 6.07) is 34.6. The molecule has 0 radical (unpaired) electrons. The third-order valence-electron chi connectivity index (χ3n) is 8.60. The smallest absolute Gasteiger partial charge is 0.185 e. The van der Waals surface area contributed by atoms with Gasteiger partial charge in [0.15, 0.2) is 8.07 Å². The summed E-state index contributed by atoms with van der Waals surface area (Å²) < 4.78 is 0. The Morgan fingerprint density at radius 3 is 1.16 bits per heavy atom. The van der Waals surface area contributed by atoms with Crippen LogP contribution >= 0.6 is 0 Å². The molecule has 8 rings (SSSR count). The molecule has 8 heterocycles. The van der Waals surface area contributed by atoms with E-state index in [-0.39, 0.29) is 0 Å². The van der Waals surface area contributed by atoms with Crippen LogP contribution in [0.3, 0.4) is 0 Å². The van der Waals surface area contributed by atoms with E-state index in [9.17, 15) is 0 Å². The first-order valence-electron chi connectivity index (χ1n) is 15.8. The molecule has 0 saturated heterocycles. The zero-order valence-electron chi connectivity index (χ0n) is 26.2. The molecular formula is C40H28N8Si. The van der Waals surface area contributed by atoms with Crippen molar-refractivity contribution in [3.8, 4) is 45.2 Å². The Bertz CT molecular complexity index is 1930. The molecule has 0 fully saturated rings. The highest BCUT2D eigenvalue weighted by Crippen LogP contribution is 2.20. The summed E-state index contributed by atoms with van der Waals surface area (Å²) in [6.07, 6.45) is 20.5. The van der Waals surface area contributed by atoms with Gasteiger partial charge < -0.3 is 0 Å². The van der Waals surface area contributed by atoms with Crippen LogP contribution in [0.25, 0.3) is 45.2 Å². The lowest BCUT2D eigenvalue weighted by Crippen LogP contribution is -2.75. The normalized spacial score (nSPS) is 11.3. The summed E-state index contributed by atoms with van der Waals surface area (Å²) in [5.41, 5.74) is 7.08. The monoisotopic (exact) mass is 648 g/mol. The Hall–Kier alpha value is -6.58. The van der Waals surface area contributed by atoms with E-state index in [0.29, 0.717) is 0 Å². The Morgan fingerprint density at radius 1 is 0.286 bits per heavy atom. The summed E-state index contributed by atoms with van der Waals surface area (Å²) in [6.45, 7) is 0. The van der Waals surface area contributed by atoms with E-state index in [4.69, 9.17) is 19.9 Å². The standard InChI is InChI=1S/C40H28N8Si/c1-2-20-44-39(7-1)40-15-11-35(28-48-40)49(32-8-12-36(45-25-32)29-16-21-41-22-17-29,33-9-13-37(46-26-33)30-5-3-18-42-23-30)34-10-14-38(47-27-34)31-6-4-19-43-24-31/h1-28H. The lowest BCUT2D eigenvalue weighted by molar-refractivity contribution is 1.25. The van der Waals surface area contributed by atoms with E-state index in [0.717, 1.165) is 65.9 Å². The van der Waals surface area contributed by atoms with Gasteiger partial charge in [-0.1, -0.05) is 30.3 Å². The molecule has 8 nitrogen and oxygen atoms in total. The molecule has 0 bridgehead atoms. The van der Waals surface area contributed by atoms with E-state index in [2.05, 4.69) is 62.4 Å². The average Bonchev–Trinajstić information content (AvgIpc) is 3.20. The fourth-order valence-electron chi connectivity index (χ4n) is 6.19. The quantitative estimate of drug-likeness (QED) is 0.215. The fourth-order valence-corrected chi connectivity index (χ4v) is 10.6. The Balaban J connectivity index is 1.35. The molecule has 0 spiro atoms. The predicted molar refractivity (Wildman–Crippen MR) is 194 cm³/mol. The maximum atomic E-state index is 5.01. The summed E-state index contributed by atoms with van der Waals surface area (Å²) in [5.74, 6) is 0. The molecule has 0 atom stereocenters. The summed E-state index contributed by atoms with van der Waals surface area (Å²) in [4.78, 5) is 37.3. The van der Waals surface area contributed by atoms with Crippen molar-refractivity contribution < 1.29 is 0 Å². The molecule has 0 amide bonds. The van der Waals surface area contributed by atoms with E-state index >= 15 is 0 Å². The molecule has 49 heavy (non-hydrogen) atoms. The average molecular weight is 649 g/mol. The van der Waals surface area contributed by atoms with Crippen molar-refractivity contribution in [3.63, 3.8) is 0 Å². The van der Waals surface area contributed by atoms with E-state index in [1.165, 1.54) is 0 Å². The van der Waals surface area contributed by atoms with Gasteiger partial charge in [-0.25, -0.2) is 0 Å². The third-order valence-corrected chi connectivity index (χ3v) is 13.3. The molecule has 232 valence electrons. The van der Waals surface area contributed by atoms with Gasteiger partial charge in [0.25, 0.3) is 0 Å². The summed E-state index contributed by atoms with van der Waals surface area (Å²) in [5, 5.41) is 4.28. The van der Waals surface area contributed by atoms with Crippen molar-refractivity contribution in [2.24, 2.45) is 0 Å². The van der Waals surface area contributed by atoms with Gasteiger partial charge in [0.05, 0.1) is 28.5 Å². The first-order valence-corrected chi connectivity index (χ1v) is 17.8. The third kappa shape index (κ3) is 5.79. The van der Waals surface area contributed by atoms with Gasteiger partial charge in [0.2, 0.25) is 0 Å². The lowest BCUT2D eigenvalue weighted by Gasteiger charge is -2.33. The first kappa shape index (κ1) is 29.8. The van der Waals surface area contributed by atoms with Crippen molar-refractivity contribution in [3.05, 3.63) is 171 Å². The van der Waals surface area contributed by atoms with Crippen LogP contribution in [0, 0.1) is 0 Å². The van der Waals surface area contributed by atoms with E-state index < -0.39 is 8.07 Å². The highest BCUT2D eigenvalue weighted by Gasteiger charge is 2.43. The van der Waals surface area contributed by atoms with Gasteiger partial charge >= 0.3 is 0 Å². The van der Waals surface area contributed by atoms with Crippen LogP contribution < -0.4 is 20.7 Å². The molecule has 0 aliphatic heterocycles. The van der Waals surface area contributed by atoms with Crippen LogP contribution in [-0.2, 0) is 0 Å². The van der Waals surface area contributed by atoms with Gasteiger partial charge in [-0.2, -0.15) is 0 Å². The summed E-state index contributed by atoms with van der Waals surface area (Å²) >= 11 is 0. The van der Waals surface area contributed by atoms with E-state index in [1.54, 1.807) is 31.0 Å². The maximum absolute atomic E-state index is 5.01. The van der Waals surface area contributed by atoms with Gasteiger partial charge in [-0.3, -0.25) is 39.9 Å². The molecule has 0 aliphatic rings. The largest absolute Gasteiger partial charge is 0.265 e. The molecule has 0 saturated carbocycles. The number of hydrogen-bond acceptors (Lipinski definition) is 8. The van der Waals surface area contributed by atoms with Gasteiger partial charge in [0.1, 0.15) is 0 Å². The molecule has 0 N–H and O–H groups in total. The fraction of sp³-hybridized carbons (Fsp3) is 0. The molecule has 0 aromatic carbocycles. The van der Waals surface area contributed by atoms with E-state index in [1.807, 2.05) is 97.8 Å². The van der Waals surface area contributed by atoms with Crippen molar-refractivity contribution in [2.75, 3.05) is 0 Å². The minimum atomic E-state index is -3.11. The molecule has 9 heteroatoms. The number of nitrogens with zero attached hydrogens (tertiary/aromatic N) is 8. The zero-order chi connectivity index (χ0) is 32.9. The second-order valence-corrected chi connectivity index (χ2v) is 15.2. The SMILES string of the molecule is c1ccc(-c2ccc([Si](c3ccc(-c4ccncc4)nc3)(c3ccc(-c4cccnc4)nc3)c3ccc(-c4cccnc4)nc3)cn2)nc1. The van der Waals surface area contributed by atoms with Crippen LogP contribution in [-0.4, -0.2) is 47.9 Å². The van der Waals surface area contributed by atoms with Gasteiger partial charge in [-0.15, -0.1) is 0 Å². The minimum Gasteiger partial charge on any atom is -0.265 e. The summed E-state index contributed by atoms with van der Waals surface area (Å²) in [7, 11) is -3.11. The van der Waals surface area contributed by atoms with Crippen molar-refractivity contribution >= 4 is 28.8 Å². The second kappa shape index (κ2) is 13.3. The predicted octanol–water partition coefficient (Wildman–Crippen LogP) is 4.89. The van der Waals surface area contributed by atoms with Crippen molar-refractivity contribution in [2.45, 2.75) is 0 Å². The van der Waals surface area contributed by atoms with Crippen LogP contribution in [0.5, 0.6) is 0 Å². The highest BCUT2D eigenvalue weighted by atomic mass is 28.3. The maximum Gasteiger partial charge on any atom is 0.185 e. The highest BCUT2D eigenvalue weighted by molar-refractivity contribution is 7.19. The molecule has 8 aromatic heterocycles. The van der Waals surface area contributed by atoms with Crippen LogP contribution in [0.1, 0.15) is 0 Å². The number of hydrogen-bond donors (Lipinski definition) is 0. The molecular weight excluding hydrogens is 621 g/mol. The van der Waals surface area contributed by atoms with Gasteiger partial charge in [-0.05, 0) is 93.5 Å². The Kier molecular flexibility index (Phi) is 8.07. The number of pyridine rings is 8. The van der Waals surface area contributed by atoms with Gasteiger partial charge in [0, 0.05) is 84.9 Å². The minimum absolute atomic E-state index is 0.800. The van der Waals surface area contributed by atoms with Crippen LogP contribution in [0.2, 0.25) is 0 Å². The van der Waals surface area contributed by atoms with Crippen LogP contribution in [0.4, 0.5) is 0 Å². The molecule has 0 aliphatic carbocycles. The lowest BCUT2D eigenvalue weighted by atomic mass is 10.2. The first-order chi connectivity index (χ1) is 24.3. The topological polar surface area (TPSA) is 103 Å². The zero-order valence-corrected chi connectivity index (χ0v) is 27.2. The number of rotatable bonds is 8. The second-order valence-electron chi connectivity index (χ2n) is 11.4. The Labute approximate surface area is 284 Å². The van der Waals surface area contributed by atoms with Crippen LogP contribution in [0.15, 0.2) is 171 Å².